The van der Waals surface area contributed by atoms with Crippen molar-refractivity contribution in [2.24, 2.45) is 5.84 Å². The Balaban J connectivity index is 2.07. The molecule has 4 heteroatoms. The molecule has 0 aromatic heterocycles. The van der Waals surface area contributed by atoms with Crippen LogP contribution < -0.4 is 11.3 Å². The molecule has 0 aliphatic carbocycles. The van der Waals surface area contributed by atoms with Gasteiger partial charge in [-0.15, -0.1) is 11.8 Å². The highest BCUT2D eigenvalue weighted by atomic mass is 32.2. The molecule has 0 spiro atoms. The summed E-state index contributed by atoms with van der Waals surface area (Å²) in [6, 6.07) is 15.1. The average molecular weight is 290 g/mol. The SMILES string of the molecule is CCc1cccc(C(CSc2ccccc2F)NN)c1. The molecule has 0 aliphatic heterocycles. The fourth-order valence-electron chi connectivity index (χ4n) is 2.01. The summed E-state index contributed by atoms with van der Waals surface area (Å²) < 4.78 is 13.6. The first kappa shape index (κ1) is 15.0. The van der Waals surface area contributed by atoms with E-state index in [4.69, 9.17) is 5.84 Å². The standard InChI is InChI=1S/C16H19FN2S/c1-2-12-6-5-7-13(10-12)15(19-18)11-20-16-9-4-3-8-14(16)17/h3-10,15,19H,2,11,18H2,1H3. The molecule has 0 heterocycles. The second-order valence-electron chi connectivity index (χ2n) is 4.56. The van der Waals surface area contributed by atoms with Crippen LogP contribution in [0.1, 0.15) is 24.1 Å². The van der Waals surface area contributed by atoms with E-state index in [0.717, 1.165) is 12.0 Å². The van der Waals surface area contributed by atoms with Crippen LogP contribution in [0.4, 0.5) is 4.39 Å². The van der Waals surface area contributed by atoms with Crippen LogP contribution in [0.25, 0.3) is 0 Å². The van der Waals surface area contributed by atoms with E-state index in [0.29, 0.717) is 10.6 Å². The molecular weight excluding hydrogens is 271 g/mol. The van der Waals surface area contributed by atoms with Crippen LogP contribution in [0.2, 0.25) is 0 Å². The number of hydrogen-bond acceptors (Lipinski definition) is 3. The number of halogens is 1. The number of aryl methyl sites for hydroxylation is 1. The minimum atomic E-state index is -0.185. The van der Waals surface area contributed by atoms with Crippen molar-refractivity contribution in [1.82, 2.24) is 5.43 Å². The molecule has 3 N–H and O–H groups in total. The van der Waals surface area contributed by atoms with Crippen LogP contribution in [0.5, 0.6) is 0 Å². The molecule has 0 saturated heterocycles. The first-order valence-electron chi connectivity index (χ1n) is 6.67. The normalized spacial score (nSPS) is 12.3. The van der Waals surface area contributed by atoms with Gasteiger partial charge in [-0.05, 0) is 29.7 Å². The van der Waals surface area contributed by atoms with Gasteiger partial charge in [-0.2, -0.15) is 0 Å². The summed E-state index contributed by atoms with van der Waals surface area (Å²) in [5.41, 5.74) is 5.23. The molecule has 1 atom stereocenters. The highest BCUT2D eigenvalue weighted by Crippen LogP contribution is 2.26. The lowest BCUT2D eigenvalue weighted by atomic mass is 10.0. The van der Waals surface area contributed by atoms with E-state index in [1.165, 1.54) is 23.4 Å². The Morgan fingerprint density at radius 1 is 1.20 bits per heavy atom. The number of hydrogen-bond donors (Lipinski definition) is 2. The third kappa shape index (κ3) is 3.82. The topological polar surface area (TPSA) is 38.0 Å². The molecule has 2 aromatic carbocycles. The lowest BCUT2D eigenvalue weighted by Crippen LogP contribution is -2.29. The maximum absolute atomic E-state index is 13.6. The summed E-state index contributed by atoms with van der Waals surface area (Å²) in [5.74, 6) is 6.14. The molecule has 1 unspecified atom stereocenters. The fraction of sp³-hybridized carbons (Fsp3) is 0.250. The molecule has 0 fully saturated rings. The number of benzene rings is 2. The molecule has 0 bridgehead atoms. The molecular formula is C16H19FN2S. The van der Waals surface area contributed by atoms with Gasteiger partial charge in [0.25, 0.3) is 0 Å². The predicted octanol–water partition coefficient (Wildman–Crippen LogP) is 3.68. The van der Waals surface area contributed by atoms with E-state index < -0.39 is 0 Å². The number of thioether (sulfide) groups is 1. The first-order chi connectivity index (χ1) is 9.74. The molecule has 20 heavy (non-hydrogen) atoms. The van der Waals surface area contributed by atoms with Crippen molar-refractivity contribution in [3.63, 3.8) is 0 Å². The van der Waals surface area contributed by atoms with Crippen LogP contribution in [0.15, 0.2) is 53.4 Å². The smallest absolute Gasteiger partial charge is 0.136 e. The molecule has 2 nitrogen and oxygen atoms in total. The third-order valence-electron chi connectivity index (χ3n) is 3.20. The Bertz CT molecular complexity index is 560. The third-order valence-corrected chi connectivity index (χ3v) is 4.35. The van der Waals surface area contributed by atoms with E-state index in [9.17, 15) is 4.39 Å². The largest absolute Gasteiger partial charge is 0.271 e. The summed E-state index contributed by atoms with van der Waals surface area (Å²) >= 11 is 1.47. The van der Waals surface area contributed by atoms with Gasteiger partial charge in [0.05, 0.1) is 6.04 Å². The van der Waals surface area contributed by atoms with Crippen molar-refractivity contribution in [3.8, 4) is 0 Å². The van der Waals surface area contributed by atoms with Gasteiger partial charge in [0.15, 0.2) is 0 Å². The highest BCUT2D eigenvalue weighted by Gasteiger charge is 2.12. The van der Waals surface area contributed by atoms with E-state index in [2.05, 4.69) is 24.5 Å². The van der Waals surface area contributed by atoms with Crippen molar-refractivity contribution < 1.29 is 4.39 Å². The quantitative estimate of drug-likeness (QED) is 0.484. The van der Waals surface area contributed by atoms with Gasteiger partial charge in [0.1, 0.15) is 5.82 Å². The Hall–Kier alpha value is -1.36. The van der Waals surface area contributed by atoms with Crippen molar-refractivity contribution in [2.75, 3.05) is 5.75 Å². The van der Waals surface area contributed by atoms with Crippen LogP contribution in [-0.4, -0.2) is 5.75 Å². The lowest BCUT2D eigenvalue weighted by Gasteiger charge is -2.17. The Kier molecular flexibility index (Phi) is 5.59. The van der Waals surface area contributed by atoms with Gasteiger partial charge in [0, 0.05) is 10.6 Å². The first-order valence-corrected chi connectivity index (χ1v) is 7.65. The summed E-state index contributed by atoms with van der Waals surface area (Å²) in [7, 11) is 0. The van der Waals surface area contributed by atoms with E-state index in [1.807, 2.05) is 18.2 Å². The molecule has 0 saturated carbocycles. The maximum Gasteiger partial charge on any atom is 0.136 e. The molecule has 2 aromatic rings. The van der Waals surface area contributed by atoms with Crippen LogP contribution in [0.3, 0.4) is 0 Å². The number of hydrazine groups is 1. The Morgan fingerprint density at radius 3 is 2.70 bits per heavy atom. The summed E-state index contributed by atoms with van der Waals surface area (Å²) in [4.78, 5) is 0.652. The zero-order valence-electron chi connectivity index (χ0n) is 11.5. The second kappa shape index (κ2) is 7.43. The van der Waals surface area contributed by atoms with Crippen LogP contribution in [-0.2, 0) is 6.42 Å². The van der Waals surface area contributed by atoms with Gasteiger partial charge in [-0.25, -0.2) is 4.39 Å². The minimum absolute atomic E-state index is 0.00565. The van der Waals surface area contributed by atoms with Gasteiger partial charge in [-0.3, -0.25) is 11.3 Å². The van der Waals surface area contributed by atoms with Crippen LogP contribution >= 0.6 is 11.8 Å². The number of nitrogens with one attached hydrogen (secondary N) is 1. The predicted molar refractivity (Wildman–Crippen MR) is 83.0 cm³/mol. The average Bonchev–Trinajstić information content (AvgIpc) is 2.50. The summed E-state index contributed by atoms with van der Waals surface area (Å²) in [6.07, 6.45) is 0.992. The van der Waals surface area contributed by atoms with Crippen molar-refractivity contribution in [1.29, 1.82) is 0 Å². The Labute approximate surface area is 123 Å². The van der Waals surface area contributed by atoms with E-state index >= 15 is 0 Å². The van der Waals surface area contributed by atoms with Gasteiger partial charge in [-0.1, -0.05) is 43.3 Å². The van der Waals surface area contributed by atoms with E-state index in [1.54, 1.807) is 12.1 Å². The van der Waals surface area contributed by atoms with Crippen LogP contribution in [0, 0.1) is 5.82 Å². The van der Waals surface area contributed by atoms with Crippen molar-refractivity contribution in [2.45, 2.75) is 24.3 Å². The number of rotatable bonds is 6. The van der Waals surface area contributed by atoms with E-state index in [-0.39, 0.29) is 11.9 Å². The maximum atomic E-state index is 13.6. The molecule has 106 valence electrons. The monoisotopic (exact) mass is 290 g/mol. The second-order valence-corrected chi connectivity index (χ2v) is 5.62. The zero-order chi connectivity index (χ0) is 14.4. The minimum Gasteiger partial charge on any atom is -0.271 e. The van der Waals surface area contributed by atoms with Crippen molar-refractivity contribution >= 4 is 11.8 Å². The Morgan fingerprint density at radius 2 is 2.00 bits per heavy atom. The molecule has 0 amide bonds. The molecule has 0 aliphatic rings. The van der Waals surface area contributed by atoms with Gasteiger partial charge < -0.3 is 0 Å². The number of nitrogens with two attached hydrogens (primary N) is 1. The van der Waals surface area contributed by atoms with Gasteiger partial charge in [0.2, 0.25) is 0 Å². The molecule has 2 rings (SSSR count). The highest BCUT2D eigenvalue weighted by molar-refractivity contribution is 7.99. The fourth-order valence-corrected chi connectivity index (χ4v) is 3.02. The summed E-state index contributed by atoms with van der Waals surface area (Å²) in [6.45, 7) is 2.12. The lowest BCUT2D eigenvalue weighted by molar-refractivity contribution is 0.596. The van der Waals surface area contributed by atoms with Gasteiger partial charge >= 0.3 is 0 Å². The molecule has 0 radical (unpaired) electrons. The zero-order valence-corrected chi connectivity index (χ0v) is 12.3. The summed E-state index contributed by atoms with van der Waals surface area (Å²) in [5, 5.41) is 0. The van der Waals surface area contributed by atoms with Crippen molar-refractivity contribution in [3.05, 3.63) is 65.5 Å².